The fourth-order valence-corrected chi connectivity index (χ4v) is 4.34. The fourth-order valence-electron chi connectivity index (χ4n) is 4.34. The molecule has 0 radical (unpaired) electrons. The predicted molar refractivity (Wildman–Crippen MR) is 124 cm³/mol. The largest absolute Gasteiger partial charge is 0.478 e. The Morgan fingerprint density at radius 1 is 0.771 bits per heavy atom. The maximum absolute atomic E-state index is 11.8. The van der Waals surface area contributed by atoms with Gasteiger partial charge < -0.3 is 29.3 Å². The molecule has 0 atom stereocenters. The van der Waals surface area contributed by atoms with E-state index in [0.717, 1.165) is 21.9 Å². The third kappa shape index (κ3) is 3.98. The predicted octanol–water partition coefficient (Wildman–Crippen LogP) is 2.60. The van der Waals surface area contributed by atoms with Gasteiger partial charge in [-0.2, -0.15) is 0 Å². The van der Waals surface area contributed by atoms with Crippen molar-refractivity contribution in [3.05, 3.63) is 90.5 Å². The Morgan fingerprint density at radius 3 is 1.71 bits per heavy atom. The lowest BCUT2D eigenvalue weighted by atomic mass is 10.0. The molecule has 0 amide bonds. The number of aromatic amines is 2. The molecule has 10 heteroatoms. The molecule has 178 valence electrons. The van der Waals surface area contributed by atoms with E-state index in [1.165, 1.54) is 19.2 Å². The van der Waals surface area contributed by atoms with Crippen LogP contribution < -0.4 is 11.1 Å². The highest BCUT2D eigenvalue weighted by atomic mass is 16.5. The lowest BCUT2D eigenvalue weighted by molar-refractivity contribution is 0.0600. The second-order valence-corrected chi connectivity index (χ2v) is 8.13. The van der Waals surface area contributed by atoms with Crippen molar-refractivity contribution < 1.29 is 28.9 Å². The molecule has 0 spiro atoms. The van der Waals surface area contributed by atoms with Crippen LogP contribution in [-0.2, 0) is 40.6 Å². The summed E-state index contributed by atoms with van der Waals surface area (Å²) >= 11 is 0. The van der Waals surface area contributed by atoms with E-state index in [9.17, 15) is 19.2 Å². The third-order valence-corrected chi connectivity index (χ3v) is 6.12. The van der Waals surface area contributed by atoms with Crippen molar-refractivity contribution in [2.45, 2.75) is 26.4 Å². The minimum Gasteiger partial charge on any atom is -0.478 e. The summed E-state index contributed by atoms with van der Waals surface area (Å²) in [6.45, 7) is 1.51. The van der Waals surface area contributed by atoms with Crippen molar-refractivity contribution in [3.8, 4) is 0 Å². The molecular formula is C25H20N2O8. The first-order chi connectivity index (χ1) is 16.9. The number of rotatable bonds is 2. The topological polar surface area (TPSA) is 148 Å². The van der Waals surface area contributed by atoms with Gasteiger partial charge in [0.2, 0.25) is 0 Å². The highest BCUT2D eigenvalue weighted by Gasteiger charge is 2.20. The van der Waals surface area contributed by atoms with Crippen LogP contribution in [0.5, 0.6) is 0 Å². The minimum atomic E-state index is -1.01. The summed E-state index contributed by atoms with van der Waals surface area (Å²) in [5.41, 5.74) is 4.47. The second-order valence-electron chi connectivity index (χ2n) is 8.13. The van der Waals surface area contributed by atoms with Gasteiger partial charge in [-0.3, -0.25) is 9.59 Å². The molecule has 0 fully saturated rings. The number of methoxy groups -OCH3 is 1. The number of ether oxygens (including phenoxy) is 3. The number of pyridine rings is 2. The number of hydrogen-bond acceptors (Lipinski definition) is 7. The Morgan fingerprint density at radius 2 is 1.23 bits per heavy atom. The number of hydrogen-bond donors (Lipinski definition) is 3. The number of H-pyrrole nitrogens is 2. The summed E-state index contributed by atoms with van der Waals surface area (Å²) in [6.07, 6.45) is 0. The Kier molecular flexibility index (Phi) is 5.67. The molecule has 4 heterocycles. The number of carboxylic acids is 1. The van der Waals surface area contributed by atoms with E-state index in [1.807, 2.05) is 6.07 Å². The van der Waals surface area contributed by atoms with Gasteiger partial charge in [0.05, 0.1) is 44.7 Å². The summed E-state index contributed by atoms with van der Waals surface area (Å²) < 4.78 is 15.2. The average molecular weight is 476 g/mol. The lowest BCUT2D eigenvalue weighted by Gasteiger charge is -2.05. The number of carboxylic acid groups (broad SMARTS) is 1. The number of nitrogens with one attached hydrogen (secondary N) is 2. The van der Waals surface area contributed by atoms with Crippen LogP contribution in [-0.4, -0.2) is 34.1 Å². The van der Waals surface area contributed by atoms with Gasteiger partial charge in [-0.1, -0.05) is 12.1 Å². The van der Waals surface area contributed by atoms with Crippen LogP contribution >= 0.6 is 0 Å². The molecule has 6 rings (SSSR count). The fraction of sp³-hybridized carbons (Fsp3) is 0.200. The number of aromatic carboxylic acids is 1. The van der Waals surface area contributed by atoms with Gasteiger partial charge >= 0.3 is 11.9 Å². The maximum atomic E-state index is 11.8. The average Bonchev–Trinajstić information content (AvgIpc) is 3.54. The molecule has 0 aliphatic carbocycles. The van der Waals surface area contributed by atoms with E-state index in [1.54, 1.807) is 18.2 Å². The van der Waals surface area contributed by atoms with Crippen LogP contribution in [0.1, 0.15) is 43.0 Å². The van der Waals surface area contributed by atoms with Gasteiger partial charge in [-0.25, -0.2) is 9.59 Å². The van der Waals surface area contributed by atoms with E-state index in [2.05, 4.69) is 14.7 Å². The van der Waals surface area contributed by atoms with Crippen LogP contribution in [0.25, 0.3) is 21.8 Å². The Hall–Kier alpha value is -4.28. The summed E-state index contributed by atoms with van der Waals surface area (Å²) in [7, 11) is 1.33. The smallest absolute Gasteiger partial charge is 0.337 e. The molecular weight excluding hydrogens is 456 g/mol. The maximum Gasteiger partial charge on any atom is 0.337 e. The van der Waals surface area contributed by atoms with Crippen molar-refractivity contribution in [1.82, 2.24) is 9.97 Å². The van der Waals surface area contributed by atoms with E-state index in [4.69, 9.17) is 14.6 Å². The first-order valence-corrected chi connectivity index (χ1v) is 10.7. The summed E-state index contributed by atoms with van der Waals surface area (Å²) in [5, 5.41) is 10.7. The third-order valence-electron chi connectivity index (χ3n) is 6.12. The molecule has 10 nitrogen and oxygen atoms in total. The molecule has 2 aliphatic heterocycles. The van der Waals surface area contributed by atoms with Gasteiger partial charge in [0.15, 0.2) is 0 Å². The van der Waals surface area contributed by atoms with E-state index in [-0.39, 0.29) is 16.7 Å². The van der Waals surface area contributed by atoms with E-state index >= 15 is 0 Å². The molecule has 2 aliphatic rings. The molecule has 0 saturated heterocycles. The highest BCUT2D eigenvalue weighted by Crippen LogP contribution is 2.26. The normalized spacial score (nSPS) is 13.7. The number of aromatic nitrogens is 2. The second kappa shape index (κ2) is 8.82. The summed E-state index contributed by atoms with van der Waals surface area (Å²) in [4.78, 5) is 51.3. The first-order valence-electron chi connectivity index (χ1n) is 10.7. The Labute approximate surface area is 197 Å². The zero-order valence-electron chi connectivity index (χ0n) is 18.6. The van der Waals surface area contributed by atoms with Gasteiger partial charge in [-0.15, -0.1) is 0 Å². The van der Waals surface area contributed by atoms with Gasteiger partial charge in [0, 0.05) is 32.9 Å². The summed E-state index contributed by atoms with van der Waals surface area (Å²) in [6, 6.07) is 9.83. The molecule has 0 unspecified atom stereocenters. The quantitative estimate of drug-likeness (QED) is 0.374. The number of benzene rings is 2. The minimum absolute atomic E-state index is 0.156. The zero-order valence-corrected chi connectivity index (χ0v) is 18.6. The standard InChI is InChI=1S/C13H11NO4.C12H9NO4/c1-17-13(16)7-2-3-8-9-5-18-6-10(9)12(15)14-11(8)4-7;14-11-9-5-17-4-8(9)7-2-1-6(12(15)16)3-10(7)13-11/h2-4H,5-6H2,1H3,(H,14,15);1-3H,4-5H2,(H,13,14)(H,15,16). The number of carbonyl (C=O) groups is 2. The zero-order chi connectivity index (χ0) is 24.7. The SMILES string of the molecule is COC(=O)c1ccc2c3c(c(=O)[nH]c2c1)COC3.O=C(O)c1ccc2c3c(c(=O)[nH]c2c1)COC3. The number of fused-ring (bicyclic) bond motifs is 6. The highest BCUT2D eigenvalue weighted by molar-refractivity contribution is 5.95. The Balaban J connectivity index is 0.000000145. The molecule has 0 bridgehead atoms. The molecule has 3 N–H and O–H groups in total. The van der Waals surface area contributed by atoms with Gasteiger partial charge in [0.25, 0.3) is 11.1 Å². The number of esters is 1. The summed E-state index contributed by atoms with van der Waals surface area (Å²) in [5.74, 6) is -1.43. The lowest BCUT2D eigenvalue weighted by Crippen LogP contribution is -2.13. The van der Waals surface area contributed by atoms with Gasteiger partial charge in [-0.05, 0) is 35.4 Å². The van der Waals surface area contributed by atoms with Crippen molar-refractivity contribution in [3.63, 3.8) is 0 Å². The van der Waals surface area contributed by atoms with Crippen LogP contribution in [0.3, 0.4) is 0 Å². The molecule has 35 heavy (non-hydrogen) atoms. The van der Waals surface area contributed by atoms with Crippen LogP contribution in [0, 0.1) is 0 Å². The number of carbonyl (C=O) groups excluding carboxylic acids is 1. The molecule has 0 saturated carbocycles. The molecule has 2 aromatic heterocycles. The van der Waals surface area contributed by atoms with Crippen LogP contribution in [0.15, 0.2) is 46.0 Å². The molecule has 2 aromatic carbocycles. The first kappa shape index (κ1) is 22.5. The van der Waals surface area contributed by atoms with E-state index < -0.39 is 11.9 Å². The van der Waals surface area contributed by atoms with Crippen LogP contribution in [0.2, 0.25) is 0 Å². The van der Waals surface area contributed by atoms with E-state index in [0.29, 0.717) is 54.2 Å². The Bertz CT molecular complexity index is 1630. The van der Waals surface area contributed by atoms with Crippen LogP contribution in [0.4, 0.5) is 0 Å². The molecule has 4 aromatic rings. The van der Waals surface area contributed by atoms with Crippen molar-refractivity contribution in [2.24, 2.45) is 0 Å². The van der Waals surface area contributed by atoms with Crippen molar-refractivity contribution in [1.29, 1.82) is 0 Å². The van der Waals surface area contributed by atoms with Gasteiger partial charge in [0.1, 0.15) is 0 Å². The monoisotopic (exact) mass is 476 g/mol. The van der Waals surface area contributed by atoms with Crippen molar-refractivity contribution in [2.75, 3.05) is 7.11 Å². The van der Waals surface area contributed by atoms with Crippen molar-refractivity contribution >= 4 is 33.7 Å².